The van der Waals surface area contributed by atoms with Crippen LogP contribution in [0.2, 0.25) is 0 Å². The van der Waals surface area contributed by atoms with Gasteiger partial charge in [-0.3, -0.25) is 9.69 Å². The van der Waals surface area contributed by atoms with Crippen LogP contribution >= 0.6 is 0 Å². The largest absolute Gasteiger partial charge is 0.391 e. The van der Waals surface area contributed by atoms with Gasteiger partial charge in [0.05, 0.1) is 12.6 Å². The minimum atomic E-state index is -0.327. The monoisotopic (exact) mass is 255 g/mol. The third kappa shape index (κ3) is 3.67. The normalized spacial score (nSPS) is 26.6. The molecule has 18 heavy (non-hydrogen) atoms. The SMILES string of the molecule is CN(CC(=O)N1CCC[C@@H](O)C1)C1CCNCC1. The van der Waals surface area contributed by atoms with Gasteiger partial charge >= 0.3 is 0 Å². The van der Waals surface area contributed by atoms with E-state index in [4.69, 9.17) is 0 Å². The van der Waals surface area contributed by atoms with Crippen molar-refractivity contribution >= 4 is 5.91 Å². The molecule has 0 aromatic rings. The Bertz CT molecular complexity index is 279. The highest BCUT2D eigenvalue weighted by Gasteiger charge is 2.25. The lowest BCUT2D eigenvalue weighted by molar-refractivity contribution is -0.135. The number of rotatable bonds is 3. The highest BCUT2D eigenvalue weighted by molar-refractivity contribution is 5.78. The fraction of sp³-hybridized carbons (Fsp3) is 0.923. The fourth-order valence-electron chi connectivity index (χ4n) is 2.87. The van der Waals surface area contributed by atoms with Crippen molar-refractivity contribution in [3.05, 3.63) is 0 Å². The summed E-state index contributed by atoms with van der Waals surface area (Å²) >= 11 is 0. The summed E-state index contributed by atoms with van der Waals surface area (Å²) in [6.07, 6.45) is 3.66. The zero-order chi connectivity index (χ0) is 13.0. The Kier molecular flexibility index (Phi) is 4.97. The Hall–Kier alpha value is -0.650. The van der Waals surface area contributed by atoms with Crippen LogP contribution in [-0.2, 0) is 4.79 Å². The molecule has 0 saturated carbocycles. The lowest BCUT2D eigenvalue weighted by Gasteiger charge is -2.35. The summed E-state index contributed by atoms with van der Waals surface area (Å²) < 4.78 is 0. The van der Waals surface area contributed by atoms with Gasteiger partial charge in [-0.05, 0) is 45.8 Å². The number of nitrogens with one attached hydrogen (secondary N) is 1. The molecular weight excluding hydrogens is 230 g/mol. The average molecular weight is 255 g/mol. The third-order valence-electron chi connectivity index (χ3n) is 4.07. The molecule has 2 aliphatic rings. The summed E-state index contributed by atoms with van der Waals surface area (Å²) in [6, 6.07) is 0.518. The smallest absolute Gasteiger partial charge is 0.236 e. The van der Waals surface area contributed by atoms with Gasteiger partial charge in [-0.1, -0.05) is 0 Å². The first-order valence-electron chi connectivity index (χ1n) is 7.03. The van der Waals surface area contributed by atoms with E-state index in [0.29, 0.717) is 19.1 Å². The van der Waals surface area contributed by atoms with Gasteiger partial charge in [0.15, 0.2) is 0 Å². The van der Waals surface area contributed by atoms with Crippen molar-refractivity contribution in [3.8, 4) is 0 Å². The second kappa shape index (κ2) is 6.50. The molecule has 1 atom stereocenters. The van der Waals surface area contributed by atoms with Crippen LogP contribution in [0.4, 0.5) is 0 Å². The third-order valence-corrected chi connectivity index (χ3v) is 4.07. The summed E-state index contributed by atoms with van der Waals surface area (Å²) in [6.45, 7) is 3.89. The van der Waals surface area contributed by atoms with E-state index >= 15 is 0 Å². The molecule has 0 spiro atoms. The molecule has 0 aromatic carbocycles. The number of likely N-dealkylation sites (tertiary alicyclic amines) is 1. The van der Waals surface area contributed by atoms with E-state index in [1.165, 1.54) is 0 Å². The van der Waals surface area contributed by atoms with E-state index in [2.05, 4.69) is 10.2 Å². The number of carbonyl (C=O) groups excluding carboxylic acids is 1. The molecule has 0 aliphatic carbocycles. The second-order valence-corrected chi connectivity index (χ2v) is 5.53. The first-order valence-corrected chi connectivity index (χ1v) is 7.03. The van der Waals surface area contributed by atoms with Gasteiger partial charge in [0, 0.05) is 19.1 Å². The second-order valence-electron chi connectivity index (χ2n) is 5.53. The van der Waals surface area contributed by atoms with E-state index in [1.807, 2.05) is 11.9 Å². The van der Waals surface area contributed by atoms with Crippen LogP contribution in [0.25, 0.3) is 0 Å². The quantitative estimate of drug-likeness (QED) is 0.724. The maximum absolute atomic E-state index is 12.2. The maximum Gasteiger partial charge on any atom is 0.236 e. The van der Waals surface area contributed by atoms with Crippen LogP contribution in [0.15, 0.2) is 0 Å². The van der Waals surface area contributed by atoms with E-state index in [1.54, 1.807) is 0 Å². The van der Waals surface area contributed by atoms with Gasteiger partial charge in [0.25, 0.3) is 0 Å². The van der Waals surface area contributed by atoms with Crippen LogP contribution in [0.3, 0.4) is 0 Å². The summed E-state index contributed by atoms with van der Waals surface area (Å²) in [5, 5.41) is 12.9. The molecule has 2 rings (SSSR count). The number of aliphatic hydroxyl groups excluding tert-OH is 1. The minimum absolute atomic E-state index is 0.162. The summed E-state index contributed by atoms with van der Waals surface area (Å²) in [4.78, 5) is 16.1. The van der Waals surface area contributed by atoms with Gasteiger partial charge in [-0.25, -0.2) is 0 Å². The Morgan fingerprint density at radius 2 is 2.11 bits per heavy atom. The van der Waals surface area contributed by atoms with E-state index in [-0.39, 0.29) is 12.0 Å². The van der Waals surface area contributed by atoms with Crippen molar-refractivity contribution in [2.24, 2.45) is 0 Å². The lowest BCUT2D eigenvalue weighted by atomic mass is 10.1. The molecule has 0 unspecified atom stereocenters. The average Bonchev–Trinajstić information content (AvgIpc) is 2.39. The van der Waals surface area contributed by atoms with Crippen molar-refractivity contribution in [1.29, 1.82) is 0 Å². The van der Waals surface area contributed by atoms with Crippen molar-refractivity contribution in [2.75, 3.05) is 39.8 Å². The van der Waals surface area contributed by atoms with Crippen LogP contribution in [0, 0.1) is 0 Å². The first kappa shape index (κ1) is 13.8. The molecule has 0 bridgehead atoms. The zero-order valence-electron chi connectivity index (χ0n) is 11.3. The van der Waals surface area contributed by atoms with Crippen molar-refractivity contribution in [2.45, 2.75) is 37.8 Å². The number of hydrogen-bond donors (Lipinski definition) is 2. The predicted octanol–water partition coefficient (Wildman–Crippen LogP) is -0.346. The molecule has 2 N–H and O–H groups in total. The van der Waals surface area contributed by atoms with Gasteiger partial charge in [0.1, 0.15) is 0 Å². The number of amides is 1. The van der Waals surface area contributed by atoms with Gasteiger partial charge in [0.2, 0.25) is 5.91 Å². The van der Waals surface area contributed by atoms with Crippen LogP contribution in [-0.4, -0.2) is 72.7 Å². The summed E-state index contributed by atoms with van der Waals surface area (Å²) in [5.41, 5.74) is 0. The molecule has 2 aliphatic heterocycles. The molecular formula is C13H25N3O2. The maximum atomic E-state index is 12.2. The van der Waals surface area contributed by atoms with E-state index < -0.39 is 0 Å². The number of carbonyl (C=O) groups is 1. The summed E-state index contributed by atoms with van der Waals surface area (Å²) in [7, 11) is 2.04. The molecule has 0 radical (unpaired) electrons. The minimum Gasteiger partial charge on any atom is -0.391 e. The molecule has 2 saturated heterocycles. The number of hydrogen-bond acceptors (Lipinski definition) is 4. The molecule has 5 nitrogen and oxygen atoms in total. The number of nitrogens with zero attached hydrogens (tertiary/aromatic N) is 2. The zero-order valence-corrected chi connectivity index (χ0v) is 11.3. The fourth-order valence-corrected chi connectivity index (χ4v) is 2.87. The van der Waals surface area contributed by atoms with Gasteiger partial charge < -0.3 is 15.3 Å². The summed E-state index contributed by atoms with van der Waals surface area (Å²) in [5.74, 6) is 0.162. The molecule has 2 heterocycles. The van der Waals surface area contributed by atoms with E-state index in [9.17, 15) is 9.90 Å². The van der Waals surface area contributed by atoms with Crippen LogP contribution in [0.1, 0.15) is 25.7 Å². The molecule has 2 fully saturated rings. The highest BCUT2D eigenvalue weighted by Crippen LogP contribution is 2.13. The van der Waals surface area contributed by atoms with Gasteiger partial charge in [-0.2, -0.15) is 0 Å². The van der Waals surface area contributed by atoms with Crippen molar-refractivity contribution in [1.82, 2.24) is 15.1 Å². The number of likely N-dealkylation sites (N-methyl/N-ethyl adjacent to an activating group) is 1. The first-order chi connectivity index (χ1) is 8.66. The molecule has 104 valence electrons. The highest BCUT2D eigenvalue weighted by atomic mass is 16.3. The van der Waals surface area contributed by atoms with Gasteiger partial charge in [-0.15, -0.1) is 0 Å². The Balaban J connectivity index is 1.78. The number of aliphatic hydroxyl groups is 1. The van der Waals surface area contributed by atoms with E-state index in [0.717, 1.165) is 45.3 Å². The lowest BCUT2D eigenvalue weighted by Crippen LogP contribution is -2.49. The predicted molar refractivity (Wildman–Crippen MR) is 70.3 cm³/mol. The topological polar surface area (TPSA) is 55.8 Å². The molecule has 5 heteroatoms. The number of β-amino-alcohol motifs (C(OH)–C–C–N with tert-alkyl or cyclic N) is 1. The molecule has 1 amide bonds. The Labute approximate surface area is 109 Å². The van der Waals surface area contributed by atoms with Crippen molar-refractivity contribution in [3.63, 3.8) is 0 Å². The number of piperidine rings is 2. The van der Waals surface area contributed by atoms with Crippen LogP contribution in [0.5, 0.6) is 0 Å². The molecule has 0 aromatic heterocycles. The Morgan fingerprint density at radius 1 is 1.39 bits per heavy atom. The standard InChI is InChI=1S/C13H25N3O2/c1-15(11-4-6-14-7-5-11)10-13(18)16-8-2-3-12(17)9-16/h11-12,14,17H,2-10H2,1H3/t12-/m1/s1. The van der Waals surface area contributed by atoms with Crippen LogP contribution < -0.4 is 5.32 Å². The van der Waals surface area contributed by atoms with Crippen molar-refractivity contribution < 1.29 is 9.90 Å². The Morgan fingerprint density at radius 3 is 2.78 bits per heavy atom.